The Morgan fingerprint density at radius 2 is 1.64 bits per heavy atom. The Morgan fingerprint density at radius 3 is 2.32 bits per heavy atom. The van der Waals surface area contributed by atoms with Gasteiger partial charge in [0.05, 0.1) is 12.1 Å². The monoisotopic (exact) mass is 339 g/mol. The van der Waals surface area contributed by atoms with Crippen LogP contribution in [0.15, 0.2) is 60.7 Å². The second-order valence-electron chi connectivity index (χ2n) is 6.23. The molecule has 1 aliphatic heterocycles. The summed E-state index contributed by atoms with van der Waals surface area (Å²) in [5, 5.41) is 0. The fourth-order valence-electron chi connectivity index (χ4n) is 2.83. The highest BCUT2D eigenvalue weighted by Gasteiger charge is 2.36. The Bertz CT molecular complexity index is 717. The van der Waals surface area contributed by atoms with E-state index in [2.05, 4.69) is 0 Å². The molecule has 2 aromatic rings. The number of benzene rings is 2. The zero-order valence-electron chi connectivity index (χ0n) is 14.1. The van der Waals surface area contributed by atoms with Gasteiger partial charge in [-0.05, 0) is 17.7 Å². The van der Waals surface area contributed by atoms with Crippen molar-refractivity contribution in [2.45, 2.75) is 19.6 Å². The number of carbonyl (C=O) groups excluding carboxylic acids is 2. The lowest BCUT2D eigenvalue weighted by atomic mass is 10.1. The number of hydrogen-bond donors (Lipinski definition) is 0. The summed E-state index contributed by atoms with van der Waals surface area (Å²) in [6.07, 6.45) is -0.703. The first-order valence-electron chi connectivity index (χ1n) is 8.35. The molecule has 0 radical (unpaired) electrons. The molecule has 0 bridgehead atoms. The normalized spacial score (nSPS) is 19.5. The topological polar surface area (TPSA) is 55.8 Å². The lowest BCUT2D eigenvalue weighted by Crippen LogP contribution is -2.31. The van der Waals surface area contributed by atoms with Crippen LogP contribution in [0, 0.1) is 5.92 Å². The van der Waals surface area contributed by atoms with E-state index >= 15 is 0 Å². The first kappa shape index (κ1) is 17.0. The SMILES string of the molecule is C[C@@H]1CN(C(=O)OCc2ccccc2)C[C@@H]1OC(=O)c1ccccc1. The molecule has 3 rings (SSSR count). The molecule has 1 heterocycles. The standard InChI is InChI=1S/C20H21NO4/c1-15-12-21(20(23)24-14-16-8-4-2-5-9-16)13-18(15)25-19(22)17-10-6-3-7-11-17/h2-11,15,18H,12-14H2,1H3/t15-,18+/m1/s1. The second kappa shape index (κ2) is 7.83. The van der Waals surface area contributed by atoms with Crippen LogP contribution in [0.25, 0.3) is 0 Å². The average Bonchev–Trinajstić information content (AvgIpc) is 3.02. The Kier molecular flexibility index (Phi) is 5.33. The molecule has 1 saturated heterocycles. The molecule has 1 aliphatic rings. The fourth-order valence-corrected chi connectivity index (χ4v) is 2.83. The van der Waals surface area contributed by atoms with Crippen LogP contribution >= 0.6 is 0 Å². The third-order valence-corrected chi connectivity index (χ3v) is 4.27. The molecule has 2 aromatic carbocycles. The van der Waals surface area contributed by atoms with Crippen LogP contribution in [-0.4, -0.2) is 36.2 Å². The summed E-state index contributed by atoms with van der Waals surface area (Å²) in [4.78, 5) is 26.0. The van der Waals surface area contributed by atoms with Gasteiger partial charge >= 0.3 is 12.1 Å². The number of amides is 1. The van der Waals surface area contributed by atoms with Crippen molar-refractivity contribution in [3.05, 3.63) is 71.8 Å². The average molecular weight is 339 g/mol. The predicted octanol–water partition coefficient (Wildman–Crippen LogP) is 3.50. The maximum absolute atomic E-state index is 12.2. The number of ether oxygens (including phenoxy) is 2. The highest BCUT2D eigenvalue weighted by molar-refractivity contribution is 5.89. The van der Waals surface area contributed by atoms with E-state index in [4.69, 9.17) is 9.47 Å². The van der Waals surface area contributed by atoms with Crippen LogP contribution in [0.4, 0.5) is 4.79 Å². The molecule has 0 aromatic heterocycles. The number of hydrogen-bond acceptors (Lipinski definition) is 4. The van der Waals surface area contributed by atoms with Crippen molar-refractivity contribution in [2.24, 2.45) is 5.92 Å². The summed E-state index contributed by atoms with van der Waals surface area (Å²) < 4.78 is 10.9. The van der Waals surface area contributed by atoms with E-state index < -0.39 is 0 Å². The summed E-state index contributed by atoms with van der Waals surface area (Å²) in [6, 6.07) is 18.4. The van der Waals surface area contributed by atoms with Crippen LogP contribution in [0.5, 0.6) is 0 Å². The fraction of sp³-hybridized carbons (Fsp3) is 0.300. The first-order chi connectivity index (χ1) is 12.1. The van der Waals surface area contributed by atoms with Crippen LogP contribution in [0.1, 0.15) is 22.8 Å². The molecule has 1 amide bonds. The molecule has 2 atom stereocenters. The van der Waals surface area contributed by atoms with Gasteiger partial charge in [-0.1, -0.05) is 55.5 Å². The molecule has 130 valence electrons. The van der Waals surface area contributed by atoms with Crippen molar-refractivity contribution in [1.29, 1.82) is 0 Å². The Balaban J connectivity index is 1.52. The summed E-state index contributed by atoms with van der Waals surface area (Å²) >= 11 is 0. The largest absolute Gasteiger partial charge is 0.457 e. The molecule has 5 nitrogen and oxygen atoms in total. The van der Waals surface area contributed by atoms with Gasteiger partial charge in [-0.25, -0.2) is 9.59 Å². The van der Waals surface area contributed by atoms with E-state index in [9.17, 15) is 9.59 Å². The maximum Gasteiger partial charge on any atom is 0.410 e. The van der Waals surface area contributed by atoms with Crippen molar-refractivity contribution in [1.82, 2.24) is 4.90 Å². The number of rotatable bonds is 4. The number of esters is 1. The lowest BCUT2D eigenvalue weighted by molar-refractivity contribution is 0.0242. The lowest BCUT2D eigenvalue weighted by Gasteiger charge is -2.17. The van der Waals surface area contributed by atoms with Gasteiger partial charge < -0.3 is 14.4 Å². The molecule has 0 saturated carbocycles. The predicted molar refractivity (Wildman–Crippen MR) is 93.0 cm³/mol. The van der Waals surface area contributed by atoms with Gasteiger partial charge in [-0.15, -0.1) is 0 Å². The van der Waals surface area contributed by atoms with E-state index in [1.54, 1.807) is 29.2 Å². The zero-order valence-corrected chi connectivity index (χ0v) is 14.1. The molecule has 0 unspecified atom stereocenters. The van der Waals surface area contributed by atoms with E-state index in [1.807, 2.05) is 43.3 Å². The van der Waals surface area contributed by atoms with Crippen LogP contribution < -0.4 is 0 Å². The molecule has 0 N–H and O–H groups in total. The third kappa shape index (κ3) is 4.38. The van der Waals surface area contributed by atoms with Crippen LogP contribution in [-0.2, 0) is 16.1 Å². The van der Waals surface area contributed by atoms with Crippen molar-refractivity contribution < 1.29 is 19.1 Å². The Labute approximate surface area is 147 Å². The smallest absolute Gasteiger partial charge is 0.410 e. The zero-order chi connectivity index (χ0) is 17.6. The van der Waals surface area contributed by atoms with Gasteiger partial charge in [0, 0.05) is 12.5 Å². The van der Waals surface area contributed by atoms with Crippen LogP contribution in [0.2, 0.25) is 0 Å². The maximum atomic E-state index is 12.2. The van der Waals surface area contributed by atoms with E-state index in [0.717, 1.165) is 5.56 Å². The molecular weight excluding hydrogens is 318 g/mol. The molecular formula is C20H21NO4. The highest BCUT2D eigenvalue weighted by atomic mass is 16.6. The van der Waals surface area contributed by atoms with Gasteiger partial charge in [0.25, 0.3) is 0 Å². The minimum Gasteiger partial charge on any atom is -0.457 e. The third-order valence-electron chi connectivity index (χ3n) is 4.27. The minimum absolute atomic E-state index is 0.0666. The molecule has 25 heavy (non-hydrogen) atoms. The quantitative estimate of drug-likeness (QED) is 0.800. The van der Waals surface area contributed by atoms with Gasteiger partial charge in [0.2, 0.25) is 0 Å². The van der Waals surface area contributed by atoms with Gasteiger partial charge in [-0.2, -0.15) is 0 Å². The van der Waals surface area contributed by atoms with Gasteiger partial charge in [-0.3, -0.25) is 0 Å². The number of likely N-dealkylation sites (tertiary alicyclic amines) is 1. The summed E-state index contributed by atoms with van der Waals surface area (Å²) in [5.74, 6) is -0.297. The second-order valence-corrected chi connectivity index (χ2v) is 6.23. The Hall–Kier alpha value is -2.82. The van der Waals surface area contributed by atoms with E-state index in [0.29, 0.717) is 18.7 Å². The van der Waals surface area contributed by atoms with Gasteiger partial charge in [0.15, 0.2) is 0 Å². The van der Waals surface area contributed by atoms with Crippen molar-refractivity contribution in [3.8, 4) is 0 Å². The molecule has 0 aliphatic carbocycles. The van der Waals surface area contributed by atoms with Crippen molar-refractivity contribution >= 4 is 12.1 Å². The Morgan fingerprint density at radius 1 is 1.00 bits per heavy atom. The summed E-state index contributed by atoms with van der Waals surface area (Å²) in [6.45, 7) is 3.07. The van der Waals surface area contributed by atoms with E-state index in [1.165, 1.54) is 0 Å². The molecule has 5 heteroatoms. The molecule has 0 spiro atoms. The minimum atomic E-state index is -0.381. The van der Waals surface area contributed by atoms with Crippen molar-refractivity contribution in [3.63, 3.8) is 0 Å². The van der Waals surface area contributed by atoms with Gasteiger partial charge in [0.1, 0.15) is 12.7 Å². The van der Waals surface area contributed by atoms with E-state index in [-0.39, 0.29) is 30.7 Å². The summed E-state index contributed by atoms with van der Waals surface area (Å²) in [7, 11) is 0. The first-order valence-corrected chi connectivity index (χ1v) is 8.35. The summed E-state index contributed by atoms with van der Waals surface area (Å²) in [5.41, 5.74) is 1.45. The molecule has 1 fully saturated rings. The number of nitrogens with zero attached hydrogens (tertiary/aromatic N) is 1. The highest BCUT2D eigenvalue weighted by Crippen LogP contribution is 2.22. The van der Waals surface area contributed by atoms with Crippen molar-refractivity contribution in [2.75, 3.05) is 13.1 Å². The number of carbonyl (C=O) groups is 2. The van der Waals surface area contributed by atoms with Crippen LogP contribution in [0.3, 0.4) is 0 Å².